The number of methoxy groups -OCH3 is 1. The predicted molar refractivity (Wildman–Crippen MR) is 184 cm³/mol. The van der Waals surface area contributed by atoms with Crippen molar-refractivity contribution in [2.45, 2.75) is 0 Å². The largest absolute Gasteiger partial charge is 0.467 e. The van der Waals surface area contributed by atoms with E-state index in [0.29, 0.717) is 151 Å². The summed E-state index contributed by atoms with van der Waals surface area (Å²) >= 11 is 0. The van der Waals surface area contributed by atoms with E-state index in [2.05, 4.69) is 4.74 Å². The topological polar surface area (TPSA) is 180 Å². The summed E-state index contributed by atoms with van der Waals surface area (Å²) in [5.74, 6) is -2.00. The fourth-order valence-electron chi connectivity index (χ4n) is 3.60. The molecule has 0 aromatic heterocycles. The number of ether oxygens (including phenoxy) is 14. The van der Waals surface area contributed by atoms with Crippen molar-refractivity contribution in [3.63, 3.8) is 0 Å². The van der Waals surface area contributed by atoms with E-state index in [-0.39, 0.29) is 19.8 Å². The molecule has 0 saturated heterocycles. The van der Waals surface area contributed by atoms with Crippen LogP contribution in [0.2, 0.25) is 0 Å². The normalized spacial score (nSPS) is 11.2. The first-order valence-electron chi connectivity index (χ1n) is 17.4. The van der Waals surface area contributed by atoms with Gasteiger partial charge in [-0.25, -0.2) is 9.59 Å². The predicted octanol–water partition coefficient (Wildman–Crippen LogP) is 0.785. The van der Waals surface area contributed by atoms with Crippen molar-refractivity contribution < 1.29 is 80.7 Å². The lowest BCUT2D eigenvalue weighted by Gasteiger charge is -2.09. The minimum absolute atomic E-state index is 0.00848. The highest BCUT2D eigenvalue weighted by Gasteiger charge is 2.17. The third-order valence-electron chi connectivity index (χ3n) is 6.22. The van der Waals surface area contributed by atoms with Gasteiger partial charge in [0.25, 0.3) is 5.78 Å². The third-order valence-corrected chi connectivity index (χ3v) is 6.22. The number of hydrogen-bond donors (Lipinski definition) is 0. The molecule has 1 aromatic rings. The van der Waals surface area contributed by atoms with Crippen LogP contribution in [-0.4, -0.2) is 190 Å². The van der Waals surface area contributed by atoms with Crippen molar-refractivity contribution in [3.05, 3.63) is 35.9 Å². The molecule has 0 aliphatic carbocycles. The summed E-state index contributed by atoms with van der Waals surface area (Å²) < 4.78 is 74.1. The maximum atomic E-state index is 11.9. The molecule has 0 bridgehead atoms. The number of Topliss-reactive ketones (excluding diaryl/α,β-unsaturated/α-hetero) is 1. The molecule has 0 aliphatic heterocycles. The summed E-state index contributed by atoms with van der Waals surface area (Å²) in [5, 5.41) is 0. The second-order valence-electron chi connectivity index (χ2n) is 10.2. The van der Waals surface area contributed by atoms with Crippen LogP contribution in [-0.2, 0) is 75.9 Å². The van der Waals surface area contributed by atoms with Gasteiger partial charge in [-0.1, -0.05) is 30.3 Å². The summed E-state index contributed by atoms with van der Waals surface area (Å²) in [5.41, 5.74) is 0.291. The van der Waals surface area contributed by atoms with E-state index < -0.39 is 17.7 Å². The van der Waals surface area contributed by atoms with Crippen LogP contribution in [0.1, 0.15) is 10.4 Å². The summed E-state index contributed by atoms with van der Waals surface area (Å²) in [6, 6.07) is 8.24. The molecule has 17 nitrogen and oxygen atoms in total. The number of rotatable bonds is 40. The molecular weight excluding hydrogens is 692 g/mol. The zero-order chi connectivity index (χ0) is 37.4. The summed E-state index contributed by atoms with van der Waals surface area (Å²) in [6.07, 6.45) is 0. The zero-order valence-corrected chi connectivity index (χ0v) is 30.5. The second-order valence-corrected chi connectivity index (χ2v) is 10.2. The molecule has 17 heteroatoms. The molecule has 0 fully saturated rings. The molecule has 300 valence electrons. The Morgan fingerprint density at radius 1 is 0.385 bits per heavy atom. The minimum Gasteiger partial charge on any atom is -0.467 e. The lowest BCUT2D eigenvalue weighted by molar-refractivity contribution is -0.146. The quantitative estimate of drug-likeness (QED) is 0.0397. The van der Waals surface area contributed by atoms with E-state index in [1.54, 1.807) is 30.3 Å². The van der Waals surface area contributed by atoms with Crippen LogP contribution in [0.5, 0.6) is 0 Å². The first kappa shape index (κ1) is 47.4. The molecule has 0 saturated carbocycles. The van der Waals surface area contributed by atoms with Crippen LogP contribution >= 0.6 is 0 Å². The van der Waals surface area contributed by atoms with E-state index >= 15 is 0 Å². The number of ketones is 1. The summed E-state index contributed by atoms with van der Waals surface area (Å²) in [6.45, 7) is 9.76. The number of carbonyl (C=O) groups is 3. The van der Waals surface area contributed by atoms with Crippen LogP contribution in [0.15, 0.2) is 30.3 Å². The van der Waals surface area contributed by atoms with Gasteiger partial charge in [0.15, 0.2) is 0 Å². The molecule has 0 spiro atoms. The highest BCUT2D eigenvalue weighted by atomic mass is 16.6. The van der Waals surface area contributed by atoms with E-state index in [0.717, 1.165) is 0 Å². The highest BCUT2D eigenvalue weighted by molar-refractivity contribution is 6.40. The minimum atomic E-state index is -0.902. The highest BCUT2D eigenvalue weighted by Crippen LogP contribution is 2.01. The Hall–Kier alpha value is -2.65. The van der Waals surface area contributed by atoms with Crippen molar-refractivity contribution in [1.29, 1.82) is 0 Å². The van der Waals surface area contributed by atoms with Gasteiger partial charge < -0.3 is 66.3 Å². The number of esters is 2. The Balaban J connectivity index is 1.65. The van der Waals surface area contributed by atoms with Gasteiger partial charge in [0.1, 0.15) is 13.2 Å². The number of hydrogen-bond acceptors (Lipinski definition) is 17. The van der Waals surface area contributed by atoms with Gasteiger partial charge in [0.2, 0.25) is 0 Å². The van der Waals surface area contributed by atoms with Crippen LogP contribution < -0.4 is 0 Å². The first-order valence-corrected chi connectivity index (χ1v) is 17.4. The molecule has 1 rings (SSSR count). The monoisotopic (exact) mass is 750 g/mol. The maximum absolute atomic E-state index is 11.9. The van der Waals surface area contributed by atoms with Crippen molar-refractivity contribution in [3.8, 4) is 0 Å². The molecule has 0 atom stereocenters. The second kappa shape index (κ2) is 38.1. The Morgan fingerprint density at radius 3 is 0.942 bits per heavy atom. The molecule has 0 N–H and O–H groups in total. The fourth-order valence-corrected chi connectivity index (χ4v) is 3.60. The van der Waals surface area contributed by atoms with Gasteiger partial charge in [-0.2, -0.15) is 0 Å². The van der Waals surface area contributed by atoms with Crippen molar-refractivity contribution in [2.75, 3.05) is 172 Å². The van der Waals surface area contributed by atoms with E-state index in [4.69, 9.17) is 61.6 Å². The SMILES string of the molecule is COC(=O)COCCOCCOCCOCCOCCOCCOCCOCCOCCOCCOCCOCCOC(=O)C(=O)c1ccccc1. The Morgan fingerprint density at radius 2 is 0.654 bits per heavy atom. The van der Waals surface area contributed by atoms with Crippen LogP contribution in [0, 0.1) is 0 Å². The number of carbonyl (C=O) groups excluding carboxylic acids is 3. The van der Waals surface area contributed by atoms with Crippen molar-refractivity contribution >= 4 is 17.7 Å². The third kappa shape index (κ3) is 32.0. The molecule has 0 heterocycles. The molecule has 1 aromatic carbocycles. The van der Waals surface area contributed by atoms with Crippen LogP contribution in [0.25, 0.3) is 0 Å². The average molecular weight is 751 g/mol. The van der Waals surface area contributed by atoms with Gasteiger partial charge in [-0.05, 0) is 0 Å². The zero-order valence-electron chi connectivity index (χ0n) is 30.5. The molecule has 52 heavy (non-hydrogen) atoms. The van der Waals surface area contributed by atoms with Gasteiger partial charge in [0.05, 0.1) is 159 Å². The smallest absolute Gasteiger partial charge is 0.379 e. The van der Waals surface area contributed by atoms with E-state index in [9.17, 15) is 14.4 Å². The van der Waals surface area contributed by atoms with Crippen molar-refractivity contribution in [2.24, 2.45) is 0 Å². The van der Waals surface area contributed by atoms with Crippen molar-refractivity contribution in [1.82, 2.24) is 0 Å². The first-order chi connectivity index (χ1) is 25.6. The number of benzene rings is 1. The van der Waals surface area contributed by atoms with Gasteiger partial charge >= 0.3 is 11.9 Å². The van der Waals surface area contributed by atoms with Gasteiger partial charge in [-0.3, -0.25) is 4.79 Å². The lowest BCUT2D eigenvalue weighted by atomic mass is 10.1. The standard InChI is InChI=1S/C35H58O17/c1-39-33(36)31-51-28-27-49-24-23-47-20-19-45-16-15-43-12-11-41-8-7-40-9-10-42-13-14-44-17-18-46-21-22-48-25-26-50-29-30-52-35(38)34(37)32-5-3-2-4-6-32/h2-6H,7-31H2,1H3. The van der Waals surface area contributed by atoms with Gasteiger partial charge in [-0.15, -0.1) is 0 Å². The van der Waals surface area contributed by atoms with E-state index in [1.165, 1.54) is 7.11 Å². The molecule has 0 radical (unpaired) electrons. The Labute approximate surface area is 306 Å². The lowest BCUT2D eigenvalue weighted by Crippen LogP contribution is -2.20. The molecule has 0 amide bonds. The maximum Gasteiger partial charge on any atom is 0.379 e. The Kier molecular flexibility index (Phi) is 34.7. The molecular formula is C35H58O17. The fraction of sp³-hybridized carbons (Fsp3) is 0.743. The van der Waals surface area contributed by atoms with Crippen LogP contribution in [0.3, 0.4) is 0 Å². The van der Waals surface area contributed by atoms with E-state index in [1.807, 2.05) is 0 Å². The molecule has 0 aliphatic rings. The van der Waals surface area contributed by atoms with Crippen LogP contribution in [0.4, 0.5) is 0 Å². The summed E-state index contributed by atoms with van der Waals surface area (Å²) in [4.78, 5) is 34.5. The summed E-state index contributed by atoms with van der Waals surface area (Å²) in [7, 11) is 1.31. The Bertz CT molecular complexity index is 953. The average Bonchev–Trinajstić information content (AvgIpc) is 3.17. The molecule has 0 unspecified atom stereocenters. The van der Waals surface area contributed by atoms with Gasteiger partial charge in [0, 0.05) is 5.56 Å².